The summed E-state index contributed by atoms with van der Waals surface area (Å²) in [6.07, 6.45) is 9.28. The van der Waals surface area contributed by atoms with Crippen molar-refractivity contribution in [1.29, 1.82) is 0 Å². The van der Waals surface area contributed by atoms with E-state index in [1.54, 1.807) is 0 Å². The first kappa shape index (κ1) is 32.7. The fraction of sp³-hybridized carbons (Fsp3) is 0.750. The summed E-state index contributed by atoms with van der Waals surface area (Å²) in [5, 5.41) is 11.1. The third kappa shape index (κ3) is 8.23. The molecule has 2 unspecified atom stereocenters. The average Bonchev–Trinajstić information content (AvgIpc) is 3.90. The molecule has 4 N–H and O–H groups in total. The van der Waals surface area contributed by atoms with Crippen LogP contribution in [0.25, 0.3) is 0 Å². The van der Waals surface area contributed by atoms with Crippen LogP contribution in [0.2, 0.25) is 0 Å². The van der Waals surface area contributed by atoms with Gasteiger partial charge in [0.25, 0.3) is 5.91 Å². The fourth-order valence-corrected chi connectivity index (χ4v) is 6.69. The molecule has 0 spiro atoms. The van der Waals surface area contributed by atoms with E-state index in [0.29, 0.717) is 31.7 Å². The van der Waals surface area contributed by atoms with Gasteiger partial charge < -0.3 is 26.2 Å². The van der Waals surface area contributed by atoms with Crippen LogP contribution in [-0.4, -0.2) is 77.5 Å². The van der Waals surface area contributed by atoms with E-state index in [0.717, 1.165) is 44.9 Å². The normalized spacial score (nSPS) is 30.5. The molecule has 0 aromatic rings. The molecule has 2 saturated heterocycles. The molecule has 0 bridgehead atoms. The van der Waals surface area contributed by atoms with Crippen LogP contribution in [0.4, 0.5) is 4.79 Å². The Balaban J connectivity index is 1.53. The Morgan fingerprint density at radius 3 is 2.37 bits per heavy atom. The van der Waals surface area contributed by atoms with E-state index in [2.05, 4.69) is 27.8 Å². The number of Topliss-reactive ketones (excluding diaryl/α,β-unsaturated/α-hetero) is 2. The average molecular weight is 600 g/mol. The standard InChI is InChI=1S/C32H49N5O6/c1-5-15-33-30(41)28(39)23-11-9-7-6-8-10-21-17-22(21)25(31(42)37-16-14-19(4)26(37)29(40)34-23)36-32(43)35-24(18(2)3)27(38)20-12-13-20/h5,18-26H,1,6-17H2,2-4H3,(H,33,41)(H,34,40)(H2,35,36,43)/t19-,21?,22?,23-,24-,25-,26-/m0/s1. The van der Waals surface area contributed by atoms with Crippen LogP contribution in [0.15, 0.2) is 12.7 Å². The lowest BCUT2D eigenvalue weighted by Crippen LogP contribution is -2.59. The van der Waals surface area contributed by atoms with E-state index in [1.165, 1.54) is 11.0 Å². The van der Waals surface area contributed by atoms with Crippen LogP contribution in [0, 0.1) is 29.6 Å². The minimum absolute atomic E-state index is 0.00490. The molecule has 0 aromatic carbocycles. The number of ketones is 2. The van der Waals surface area contributed by atoms with E-state index in [4.69, 9.17) is 0 Å². The zero-order valence-electron chi connectivity index (χ0n) is 25.9. The first-order valence-electron chi connectivity index (χ1n) is 16.2. The summed E-state index contributed by atoms with van der Waals surface area (Å²) >= 11 is 0. The van der Waals surface area contributed by atoms with Gasteiger partial charge in [0.2, 0.25) is 17.6 Å². The number of amides is 5. The number of urea groups is 1. The van der Waals surface area contributed by atoms with Gasteiger partial charge in [0, 0.05) is 19.0 Å². The van der Waals surface area contributed by atoms with Gasteiger partial charge in [-0.15, -0.1) is 6.58 Å². The van der Waals surface area contributed by atoms with Gasteiger partial charge in [0.05, 0.1) is 12.1 Å². The zero-order chi connectivity index (χ0) is 31.3. The van der Waals surface area contributed by atoms with Gasteiger partial charge >= 0.3 is 6.03 Å². The lowest BCUT2D eigenvalue weighted by molar-refractivity contribution is -0.143. The summed E-state index contributed by atoms with van der Waals surface area (Å²) in [4.78, 5) is 80.9. The van der Waals surface area contributed by atoms with Gasteiger partial charge in [-0.1, -0.05) is 59.0 Å². The first-order valence-corrected chi connectivity index (χ1v) is 16.2. The van der Waals surface area contributed by atoms with Crippen LogP contribution < -0.4 is 21.3 Å². The molecule has 11 nitrogen and oxygen atoms in total. The molecule has 4 fully saturated rings. The maximum atomic E-state index is 14.1. The topological polar surface area (TPSA) is 154 Å². The predicted octanol–water partition coefficient (Wildman–Crippen LogP) is 2.24. The molecule has 5 amide bonds. The molecule has 2 aliphatic heterocycles. The number of hydrogen-bond donors (Lipinski definition) is 4. The number of hydrogen-bond acceptors (Lipinski definition) is 6. The van der Waals surface area contributed by atoms with Gasteiger partial charge in [-0.25, -0.2) is 4.79 Å². The second-order valence-corrected chi connectivity index (χ2v) is 13.3. The first-order chi connectivity index (χ1) is 20.5. The number of fused-ring (bicyclic) bond motifs is 2. The highest BCUT2D eigenvalue weighted by Gasteiger charge is 2.51. The van der Waals surface area contributed by atoms with Crippen LogP contribution in [0.1, 0.15) is 85.0 Å². The predicted molar refractivity (Wildman–Crippen MR) is 161 cm³/mol. The van der Waals surface area contributed by atoms with Crippen molar-refractivity contribution in [2.75, 3.05) is 13.1 Å². The highest BCUT2D eigenvalue weighted by Crippen LogP contribution is 2.46. The number of nitrogens with one attached hydrogen (secondary N) is 4. The van der Waals surface area contributed by atoms with E-state index in [-0.39, 0.29) is 41.9 Å². The summed E-state index contributed by atoms with van der Waals surface area (Å²) in [6.45, 7) is 9.73. The highest BCUT2D eigenvalue weighted by molar-refractivity contribution is 6.38. The molecule has 0 aromatic heterocycles. The van der Waals surface area contributed by atoms with Crippen LogP contribution >= 0.6 is 0 Å². The molecule has 2 saturated carbocycles. The maximum Gasteiger partial charge on any atom is 0.316 e. The molecular weight excluding hydrogens is 550 g/mol. The fourth-order valence-electron chi connectivity index (χ4n) is 6.69. The zero-order valence-corrected chi connectivity index (χ0v) is 25.9. The monoisotopic (exact) mass is 599 g/mol. The van der Waals surface area contributed by atoms with Gasteiger partial charge in [-0.2, -0.15) is 0 Å². The van der Waals surface area contributed by atoms with Gasteiger partial charge in [-0.3, -0.25) is 24.0 Å². The molecule has 238 valence electrons. The maximum absolute atomic E-state index is 14.1. The van der Waals surface area contributed by atoms with Gasteiger partial charge in [-0.05, 0) is 55.8 Å². The number of rotatable bonds is 9. The quantitative estimate of drug-likeness (QED) is 0.236. The molecule has 43 heavy (non-hydrogen) atoms. The number of nitrogens with zero attached hydrogens (tertiary/aromatic N) is 1. The summed E-state index contributed by atoms with van der Waals surface area (Å²) in [5.41, 5.74) is 0. The highest BCUT2D eigenvalue weighted by atomic mass is 16.2. The minimum Gasteiger partial charge on any atom is -0.346 e. The molecule has 4 aliphatic rings. The molecule has 2 heterocycles. The SMILES string of the molecule is C=CCNC(=O)C(=O)[C@@H]1CCCCCCC2CC2[C@H](NC(=O)N[C@H](C(=O)C2CC2)C(C)C)C(=O)N2CC[C@H](C)[C@H]2C(=O)N1. The Labute approximate surface area is 254 Å². The lowest BCUT2D eigenvalue weighted by atomic mass is 9.97. The smallest absolute Gasteiger partial charge is 0.316 e. The van der Waals surface area contributed by atoms with Crippen molar-refractivity contribution in [1.82, 2.24) is 26.2 Å². The Morgan fingerprint density at radius 2 is 1.72 bits per heavy atom. The minimum atomic E-state index is -0.989. The van der Waals surface area contributed by atoms with Crippen molar-refractivity contribution in [3.63, 3.8) is 0 Å². The van der Waals surface area contributed by atoms with Crippen molar-refractivity contribution >= 4 is 35.3 Å². The van der Waals surface area contributed by atoms with E-state index >= 15 is 0 Å². The van der Waals surface area contributed by atoms with E-state index < -0.39 is 47.8 Å². The van der Waals surface area contributed by atoms with Gasteiger partial charge in [0.15, 0.2) is 5.78 Å². The molecule has 7 atom stereocenters. The van der Waals surface area contributed by atoms with Crippen molar-refractivity contribution < 1.29 is 28.8 Å². The molecule has 11 heteroatoms. The number of carbonyl (C=O) groups is 6. The largest absolute Gasteiger partial charge is 0.346 e. The third-order valence-corrected chi connectivity index (χ3v) is 9.53. The summed E-state index contributed by atoms with van der Waals surface area (Å²) in [7, 11) is 0. The molecule has 2 aliphatic carbocycles. The molecule has 4 rings (SSSR count). The van der Waals surface area contributed by atoms with Crippen LogP contribution in [0.5, 0.6) is 0 Å². The lowest BCUT2D eigenvalue weighted by Gasteiger charge is -2.32. The molecule has 0 radical (unpaired) electrons. The van der Waals surface area contributed by atoms with Crippen LogP contribution in [-0.2, 0) is 24.0 Å². The summed E-state index contributed by atoms with van der Waals surface area (Å²) in [5.74, 6) is -2.23. The van der Waals surface area contributed by atoms with E-state index in [9.17, 15) is 28.8 Å². The van der Waals surface area contributed by atoms with Crippen molar-refractivity contribution in [3.05, 3.63) is 12.7 Å². The van der Waals surface area contributed by atoms with Gasteiger partial charge in [0.1, 0.15) is 12.1 Å². The molecular formula is C32H49N5O6. The third-order valence-electron chi connectivity index (χ3n) is 9.53. The summed E-state index contributed by atoms with van der Waals surface area (Å²) < 4.78 is 0. The van der Waals surface area contributed by atoms with Crippen LogP contribution in [0.3, 0.4) is 0 Å². The Morgan fingerprint density at radius 1 is 1.02 bits per heavy atom. The summed E-state index contributed by atoms with van der Waals surface area (Å²) in [6, 6.07) is -3.80. The van der Waals surface area contributed by atoms with Crippen molar-refractivity contribution in [2.24, 2.45) is 29.6 Å². The second kappa shape index (κ2) is 14.5. The Hall–Kier alpha value is -3.24. The Kier molecular flexibility index (Phi) is 11.0. The Bertz CT molecular complexity index is 1100. The van der Waals surface area contributed by atoms with Crippen molar-refractivity contribution in [3.8, 4) is 0 Å². The second-order valence-electron chi connectivity index (χ2n) is 13.3. The number of carbonyl (C=O) groups excluding carboxylic acids is 6. The van der Waals surface area contributed by atoms with E-state index in [1.807, 2.05) is 20.8 Å². The van der Waals surface area contributed by atoms with Crippen molar-refractivity contribution in [2.45, 2.75) is 109 Å².